The number of nitrogens with zero attached hydrogens (tertiary/aromatic N) is 3. The van der Waals surface area contributed by atoms with Gasteiger partial charge in [-0.05, 0) is 43.4 Å². The summed E-state index contributed by atoms with van der Waals surface area (Å²) in [5.74, 6) is -1.71. The number of piperidine rings is 1. The maximum atomic E-state index is 12.9. The topological polar surface area (TPSA) is 84.8 Å². The fourth-order valence-electron chi connectivity index (χ4n) is 3.65. The van der Waals surface area contributed by atoms with E-state index in [0.29, 0.717) is 5.95 Å². The zero-order valence-corrected chi connectivity index (χ0v) is 16.4. The van der Waals surface area contributed by atoms with E-state index < -0.39 is 12.1 Å². The van der Waals surface area contributed by atoms with Crippen LogP contribution < -0.4 is 4.90 Å². The van der Waals surface area contributed by atoms with E-state index in [4.69, 9.17) is 19.4 Å². The molecule has 3 fully saturated rings. The lowest BCUT2D eigenvalue weighted by molar-refractivity contribution is -0.192. The largest absolute Gasteiger partial charge is 0.490 e. The standard InChI is InChI=1S/C17H24FN3O2.C2HF3O2/c18-14-8-19-16(20-9-14)21-5-3-17(4-6-21)7-15(23-12-17)11-22-10-13-1-2-13;3-2(4,5)1(6)7/h8-9,13,15H,1-7,10-12H2;(H,6,7). The molecule has 0 amide bonds. The zero-order chi connectivity index (χ0) is 21.8. The second-order valence-electron chi connectivity index (χ2n) is 8.11. The van der Waals surface area contributed by atoms with Crippen molar-refractivity contribution in [3.8, 4) is 0 Å². The summed E-state index contributed by atoms with van der Waals surface area (Å²) in [5.41, 5.74) is 0.282. The number of hydrogen-bond donors (Lipinski definition) is 1. The number of aliphatic carboxylic acids is 1. The summed E-state index contributed by atoms with van der Waals surface area (Å²) in [6.45, 7) is 4.30. The molecule has 2 aliphatic heterocycles. The number of rotatable bonds is 5. The molecule has 1 aromatic heterocycles. The highest BCUT2D eigenvalue weighted by molar-refractivity contribution is 5.73. The molecule has 7 nitrogen and oxygen atoms in total. The summed E-state index contributed by atoms with van der Waals surface area (Å²) in [7, 11) is 0. The average Bonchev–Trinajstić information content (AvgIpc) is 3.44. The van der Waals surface area contributed by atoms with Crippen LogP contribution in [0.1, 0.15) is 32.1 Å². The monoisotopic (exact) mass is 435 g/mol. The van der Waals surface area contributed by atoms with Crippen LogP contribution in [0.25, 0.3) is 0 Å². The van der Waals surface area contributed by atoms with Crippen molar-refractivity contribution in [3.05, 3.63) is 18.2 Å². The van der Waals surface area contributed by atoms with Gasteiger partial charge in [-0.3, -0.25) is 0 Å². The molecule has 0 radical (unpaired) electrons. The molecule has 0 bridgehead atoms. The van der Waals surface area contributed by atoms with Crippen LogP contribution in [0.15, 0.2) is 12.4 Å². The van der Waals surface area contributed by atoms with E-state index in [1.54, 1.807) is 0 Å². The normalized spacial score (nSPS) is 23.2. The van der Waals surface area contributed by atoms with Crippen LogP contribution in [0.5, 0.6) is 0 Å². The van der Waals surface area contributed by atoms with Crippen LogP contribution in [0.4, 0.5) is 23.5 Å². The van der Waals surface area contributed by atoms with Crippen molar-refractivity contribution < 1.29 is 36.9 Å². The fourth-order valence-corrected chi connectivity index (χ4v) is 3.65. The second-order valence-corrected chi connectivity index (χ2v) is 8.11. The van der Waals surface area contributed by atoms with E-state index in [9.17, 15) is 17.6 Å². The molecule has 1 N–H and O–H groups in total. The van der Waals surface area contributed by atoms with E-state index in [1.165, 1.54) is 25.2 Å². The molecule has 2 saturated heterocycles. The average molecular weight is 435 g/mol. The number of halogens is 4. The maximum Gasteiger partial charge on any atom is 0.490 e. The van der Waals surface area contributed by atoms with Crippen LogP contribution in [-0.2, 0) is 14.3 Å². The molecule has 3 heterocycles. The Morgan fingerprint density at radius 3 is 2.37 bits per heavy atom. The minimum Gasteiger partial charge on any atom is -0.475 e. The van der Waals surface area contributed by atoms with Gasteiger partial charge >= 0.3 is 12.1 Å². The second kappa shape index (κ2) is 9.42. The van der Waals surface area contributed by atoms with Crippen LogP contribution in [0.3, 0.4) is 0 Å². The number of aromatic nitrogens is 2. The Morgan fingerprint density at radius 2 is 1.83 bits per heavy atom. The number of ether oxygens (including phenoxy) is 2. The highest BCUT2D eigenvalue weighted by Crippen LogP contribution is 2.42. The van der Waals surface area contributed by atoms with E-state index >= 15 is 0 Å². The van der Waals surface area contributed by atoms with Crippen LogP contribution in [0, 0.1) is 17.2 Å². The first kappa shape index (κ1) is 22.7. The van der Waals surface area contributed by atoms with E-state index in [1.807, 2.05) is 0 Å². The third-order valence-corrected chi connectivity index (χ3v) is 5.60. The van der Waals surface area contributed by atoms with Crippen molar-refractivity contribution in [2.24, 2.45) is 11.3 Å². The van der Waals surface area contributed by atoms with Crippen molar-refractivity contribution >= 4 is 11.9 Å². The number of carboxylic acid groups (broad SMARTS) is 1. The number of carbonyl (C=O) groups is 1. The lowest BCUT2D eigenvalue weighted by Gasteiger charge is -2.38. The molecule has 1 aromatic rings. The smallest absolute Gasteiger partial charge is 0.475 e. The highest BCUT2D eigenvalue weighted by atomic mass is 19.4. The molecule has 1 unspecified atom stereocenters. The minimum atomic E-state index is -5.08. The van der Waals surface area contributed by atoms with Gasteiger partial charge in [0.05, 0.1) is 31.7 Å². The molecular weight excluding hydrogens is 410 g/mol. The summed E-state index contributed by atoms with van der Waals surface area (Å²) in [6, 6.07) is 0. The Bertz CT molecular complexity index is 705. The molecular formula is C19H25F4N3O4. The molecule has 1 atom stereocenters. The van der Waals surface area contributed by atoms with Gasteiger partial charge in [-0.1, -0.05) is 0 Å². The van der Waals surface area contributed by atoms with Crippen molar-refractivity contribution in [3.63, 3.8) is 0 Å². The molecule has 1 saturated carbocycles. The SMILES string of the molecule is Fc1cnc(N2CCC3(CC2)COC(COCC2CC2)C3)nc1.O=C(O)C(F)(F)F. The Kier molecular flexibility index (Phi) is 7.12. The van der Waals surface area contributed by atoms with E-state index in [0.717, 1.165) is 58.1 Å². The Labute approximate surface area is 171 Å². The van der Waals surface area contributed by atoms with Gasteiger partial charge in [0.1, 0.15) is 0 Å². The van der Waals surface area contributed by atoms with Gasteiger partial charge in [0, 0.05) is 19.7 Å². The van der Waals surface area contributed by atoms with Gasteiger partial charge in [0.2, 0.25) is 5.95 Å². The number of carboxylic acids is 1. The molecule has 4 rings (SSSR count). The Hall–Kier alpha value is -2.01. The van der Waals surface area contributed by atoms with Gasteiger partial charge < -0.3 is 19.5 Å². The first-order valence-corrected chi connectivity index (χ1v) is 9.89. The van der Waals surface area contributed by atoms with Crippen molar-refractivity contribution in [2.75, 3.05) is 37.8 Å². The summed E-state index contributed by atoms with van der Waals surface area (Å²) >= 11 is 0. The third kappa shape index (κ3) is 6.49. The van der Waals surface area contributed by atoms with Crippen LogP contribution >= 0.6 is 0 Å². The molecule has 1 aliphatic carbocycles. The summed E-state index contributed by atoms with van der Waals surface area (Å²) in [5, 5.41) is 7.12. The quantitative estimate of drug-likeness (QED) is 0.712. The van der Waals surface area contributed by atoms with Gasteiger partial charge in [0.25, 0.3) is 0 Å². The lowest BCUT2D eigenvalue weighted by Crippen LogP contribution is -2.41. The maximum absolute atomic E-state index is 12.9. The first-order chi connectivity index (χ1) is 14.2. The van der Waals surface area contributed by atoms with Gasteiger partial charge in [-0.15, -0.1) is 0 Å². The fraction of sp³-hybridized carbons (Fsp3) is 0.737. The number of hydrogen-bond acceptors (Lipinski definition) is 6. The van der Waals surface area contributed by atoms with Gasteiger partial charge in [0.15, 0.2) is 5.82 Å². The molecule has 3 aliphatic rings. The van der Waals surface area contributed by atoms with Gasteiger partial charge in [-0.2, -0.15) is 13.2 Å². The molecule has 11 heteroatoms. The van der Waals surface area contributed by atoms with Crippen molar-refractivity contribution in [1.29, 1.82) is 0 Å². The first-order valence-electron chi connectivity index (χ1n) is 9.89. The predicted octanol–water partition coefficient (Wildman–Crippen LogP) is 3.05. The van der Waals surface area contributed by atoms with Crippen molar-refractivity contribution in [2.45, 2.75) is 44.4 Å². The van der Waals surface area contributed by atoms with Crippen LogP contribution in [-0.4, -0.2) is 66.2 Å². The molecule has 168 valence electrons. The van der Waals surface area contributed by atoms with Gasteiger partial charge in [-0.25, -0.2) is 19.2 Å². The minimum absolute atomic E-state index is 0.252. The Morgan fingerprint density at radius 1 is 1.23 bits per heavy atom. The summed E-state index contributed by atoms with van der Waals surface area (Å²) in [4.78, 5) is 19.2. The van der Waals surface area contributed by atoms with Crippen molar-refractivity contribution in [1.82, 2.24) is 9.97 Å². The lowest BCUT2D eigenvalue weighted by atomic mass is 9.77. The highest BCUT2D eigenvalue weighted by Gasteiger charge is 2.43. The number of anilines is 1. The predicted molar refractivity (Wildman–Crippen MR) is 97.5 cm³/mol. The molecule has 0 aromatic carbocycles. The third-order valence-electron chi connectivity index (χ3n) is 5.60. The number of alkyl halides is 3. The summed E-state index contributed by atoms with van der Waals surface area (Å²) < 4.78 is 56.4. The van der Waals surface area contributed by atoms with E-state index in [-0.39, 0.29) is 17.3 Å². The molecule has 1 spiro atoms. The van der Waals surface area contributed by atoms with Crippen LogP contribution in [0.2, 0.25) is 0 Å². The summed E-state index contributed by atoms with van der Waals surface area (Å²) in [6.07, 6.45) is 3.54. The van der Waals surface area contributed by atoms with E-state index in [2.05, 4.69) is 14.9 Å². The zero-order valence-electron chi connectivity index (χ0n) is 16.4. The molecule has 30 heavy (non-hydrogen) atoms. The Balaban J connectivity index is 0.000000318.